The molecule has 4 rings (SSSR count). The molecule has 0 bridgehead atoms. The van der Waals surface area contributed by atoms with E-state index in [0.29, 0.717) is 16.9 Å². The smallest absolute Gasteiger partial charge is 0.412 e. The summed E-state index contributed by atoms with van der Waals surface area (Å²) in [6, 6.07) is 19.4. The first-order valence-corrected chi connectivity index (χ1v) is 12.3. The largest absolute Gasteiger partial charge is 0.444 e. The molecule has 2 heterocycles. The van der Waals surface area contributed by atoms with Crippen molar-refractivity contribution in [1.82, 2.24) is 9.88 Å². The molecule has 0 radical (unpaired) electrons. The lowest BCUT2D eigenvalue weighted by Gasteiger charge is -2.33. The highest BCUT2D eigenvalue weighted by Crippen LogP contribution is 2.27. The third kappa shape index (κ3) is 6.70. The SMILES string of the molecule is CN1CCN(c2ccc(C(=O)Cc3cc(-c4ccccc4)ccc3NC(=O)OC(C)(C)C)nc2)CC1. The van der Waals surface area contributed by atoms with Crippen LogP contribution < -0.4 is 10.2 Å². The summed E-state index contributed by atoms with van der Waals surface area (Å²) >= 11 is 0. The van der Waals surface area contributed by atoms with Gasteiger partial charge in [-0.15, -0.1) is 0 Å². The molecule has 0 saturated carbocycles. The van der Waals surface area contributed by atoms with Crippen molar-refractivity contribution in [3.63, 3.8) is 0 Å². The normalized spacial score (nSPS) is 14.4. The van der Waals surface area contributed by atoms with Crippen LogP contribution in [0.15, 0.2) is 66.9 Å². The Hall–Kier alpha value is -3.71. The second kappa shape index (κ2) is 10.9. The van der Waals surface area contributed by atoms with Gasteiger partial charge in [0.25, 0.3) is 0 Å². The number of amides is 1. The summed E-state index contributed by atoms with van der Waals surface area (Å²) in [5.74, 6) is -0.114. The van der Waals surface area contributed by atoms with Crippen molar-refractivity contribution in [2.24, 2.45) is 0 Å². The highest BCUT2D eigenvalue weighted by atomic mass is 16.6. The molecule has 1 N–H and O–H groups in total. The summed E-state index contributed by atoms with van der Waals surface area (Å²) < 4.78 is 5.42. The van der Waals surface area contributed by atoms with Crippen molar-refractivity contribution in [2.45, 2.75) is 32.8 Å². The number of aromatic nitrogens is 1. The van der Waals surface area contributed by atoms with E-state index < -0.39 is 11.7 Å². The van der Waals surface area contributed by atoms with Gasteiger partial charge in [0, 0.05) is 38.3 Å². The number of ether oxygens (including phenoxy) is 1. The molecule has 0 unspecified atom stereocenters. The maximum absolute atomic E-state index is 13.2. The van der Waals surface area contributed by atoms with Crippen molar-refractivity contribution in [3.8, 4) is 11.1 Å². The molecule has 3 aromatic rings. The topological polar surface area (TPSA) is 74.8 Å². The van der Waals surface area contributed by atoms with Gasteiger partial charge in [-0.25, -0.2) is 4.79 Å². The van der Waals surface area contributed by atoms with Crippen LogP contribution in [-0.4, -0.2) is 60.6 Å². The minimum Gasteiger partial charge on any atom is -0.444 e. The molecule has 188 valence electrons. The Morgan fingerprint density at radius 1 is 0.944 bits per heavy atom. The molecule has 7 nitrogen and oxygen atoms in total. The predicted octanol–water partition coefficient (Wildman–Crippen LogP) is 5.27. The van der Waals surface area contributed by atoms with E-state index >= 15 is 0 Å². The lowest BCUT2D eigenvalue weighted by molar-refractivity contribution is 0.0635. The van der Waals surface area contributed by atoms with Crippen molar-refractivity contribution < 1.29 is 14.3 Å². The van der Waals surface area contributed by atoms with Gasteiger partial charge in [-0.05, 0) is 68.8 Å². The molecule has 1 amide bonds. The van der Waals surface area contributed by atoms with Crippen molar-refractivity contribution >= 4 is 23.3 Å². The van der Waals surface area contributed by atoms with E-state index in [1.807, 2.05) is 75.4 Å². The highest BCUT2D eigenvalue weighted by Gasteiger charge is 2.20. The second-order valence-corrected chi connectivity index (χ2v) is 10.2. The maximum atomic E-state index is 13.2. The van der Waals surface area contributed by atoms with Crippen molar-refractivity contribution in [1.29, 1.82) is 0 Å². The molecule has 1 fully saturated rings. The molecular weight excluding hydrogens is 452 g/mol. The van der Waals surface area contributed by atoms with E-state index in [1.165, 1.54) is 0 Å². The van der Waals surface area contributed by atoms with Gasteiger partial charge in [0.1, 0.15) is 11.3 Å². The molecule has 0 atom stereocenters. The fourth-order valence-corrected chi connectivity index (χ4v) is 4.15. The van der Waals surface area contributed by atoms with Crippen molar-refractivity contribution in [3.05, 3.63) is 78.1 Å². The second-order valence-electron chi connectivity index (χ2n) is 10.2. The van der Waals surface area contributed by atoms with Gasteiger partial charge in [-0.3, -0.25) is 15.1 Å². The first kappa shape index (κ1) is 25.4. The van der Waals surface area contributed by atoms with E-state index in [4.69, 9.17) is 4.74 Å². The molecule has 0 aliphatic carbocycles. The number of piperazine rings is 1. The number of nitrogens with one attached hydrogen (secondary N) is 1. The minimum atomic E-state index is -0.626. The number of Topliss-reactive ketones (excluding diaryl/α,β-unsaturated/α-hetero) is 1. The van der Waals surface area contributed by atoms with Crippen LogP contribution in [0, 0.1) is 0 Å². The number of pyridine rings is 1. The summed E-state index contributed by atoms with van der Waals surface area (Å²) in [6.07, 6.45) is 1.32. The Kier molecular flexibility index (Phi) is 7.70. The number of hydrogen-bond acceptors (Lipinski definition) is 6. The zero-order valence-corrected chi connectivity index (χ0v) is 21.5. The number of carbonyl (C=O) groups is 2. The molecule has 1 saturated heterocycles. The molecule has 1 aliphatic rings. The third-order valence-corrected chi connectivity index (χ3v) is 6.10. The summed E-state index contributed by atoms with van der Waals surface area (Å²) in [6.45, 7) is 9.33. The van der Waals surface area contributed by atoms with Gasteiger partial charge in [-0.1, -0.05) is 36.4 Å². The number of likely N-dealkylation sites (N-methyl/N-ethyl adjacent to an activating group) is 1. The number of nitrogens with zero attached hydrogens (tertiary/aromatic N) is 3. The van der Waals surface area contributed by atoms with Crippen molar-refractivity contribution in [2.75, 3.05) is 43.4 Å². The van der Waals surface area contributed by atoms with Crippen LogP contribution in [0.1, 0.15) is 36.8 Å². The highest BCUT2D eigenvalue weighted by molar-refractivity contribution is 5.98. The Balaban J connectivity index is 1.55. The zero-order valence-electron chi connectivity index (χ0n) is 21.5. The lowest BCUT2D eigenvalue weighted by Crippen LogP contribution is -2.44. The van der Waals surface area contributed by atoms with Crippen LogP contribution in [0.5, 0.6) is 0 Å². The van der Waals surface area contributed by atoms with E-state index in [0.717, 1.165) is 43.0 Å². The molecule has 36 heavy (non-hydrogen) atoms. The third-order valence-electron chi connectivity index (χ3n) is 6.10. The molecular formula is C29H34N4O3. The Morgan fingerprint density at radius 2 is 1.67 bits per heavy atom. The van der Waals surface area contributed by atoms with Crippen LogP contribution in [0.3, 0.4) is 0 Å². The van der Waals surface area contributed by atoms with Crippen LogP contribution >= 0.6 is 0 Å². The molecule has 1 aromatic heterocycles. The van der Waals surface area contributed by atoms with E-state index in [9.17, 15) is 9.59 Å². The van der Waals surface area contributed by atoms with Gasteiger partial charge in [-0.2, -0.15) is 0 Å². The average molecular weight is 487 g/mol. The number of rotatable bonds is 6. The van der Waals surface area contributed by atoms with Crippen LogP contribution in [0.2, 0.25) is 0 Å². The number of anilines is 2. The minimum absolute atomic E-state index is 0.104. The van der Waals surface area contributed by atoms with E-state index in [2.05, 4.69) is 27.1 Å². The average Bonchev–Trinajstić information content (AvgIpc) is 2.85. The maximum Gasteiger partial charge on any atom is 0.412 e. The summed E-state index contributed by atoms with van der Waals surface area (Å²) in [7, 11) is 2.12. The standard InChI is InChI=1S/C29H34N4O3/c1-29(2,3)36-28(35)31-25-12-10-22(21-8-6-5-7-9-21)18-23(25)19-27(34)26-13-11-24(20-30-26)33-16-14-32(4)15-17-33/h5-13,18,20H,14-17,19H2,1-4H3,(H,31,35). The molecule has 0 spiro atoms. The van der Waals surface area contributed by atoms with Crippen LogP contribution in [-0.2, 0) is 11.2 Å². The van der Waals surface area contributed by atoms with E-state index in [-0.39, 0.29) is 12.2 Å². The van der Waals surface area contributed by atoms with Crippen LogP contribution in [0.25, 0.3) is 11.1 Å². The molecule has 1 aliphatic heterocycles. The quantitative estimate of drug-likeness (QED) is 0.478. The summed E-state index contributed by atoms with van der Waals surface area (Å²) in [4.78, 5) is 34.8. The Morgan fingerprint density at radius 3 is 2.31 bits per heavy atom. The van der Waals surface area contributed by atoms with Gasteiger partial charge < -0.3 is 14.5 Å². The number of carbonyl (C=O) groups excluding carboxylic acids is 2. The zero-order chi connectivity index (χ0) is 25.7. The number of benzene rings is 2. The summed E-state index contributed by atoms with van der Waals surface area (Å²) in [5, 5.41) is 2.81. The fourth-order valence-electron chi connectivity index (χ4n) is 4.15. The first-order chi connectivity index (χ1) is 17.2. The summed E-state index contributed by atoms with van der Waals surface area (Å²) in [5.41, 5.74) is 4.05. The van der Waals surface area contributed by atoms with Gasteiger partial charge in [0.2, 0.25) is 0 Å². The Bertz CT molecular complexity index is 1200. The predicted molar refractivity (Wildman–Crippen MR) is 144 cm³/mol. The molecule has 2 aromatic carbocycles. The number of hydrogen-bond donors (Lipinski definition) is 1. The monoisotopic (exact) mass is 486 g/mol. The van der Waals surface area contributed by atoms with E-state index in [1.54, 1.807) is 12.3 Å². The molecule has 7 heteroatoms. The van der Waals surface area contributed by atoms with Gasteiger partial charge >= 0.3 is 6.09 Å². The Labute approximate surface area is 213 Å². The fraction of sp³-hybridized carbons (Fsp3) is 0.345. The van der Waals surface area contributed by atoms with Gasteiger partial charge in [0.05, 0.1) is 11.9 Å². The lowest BCUT2D eigenvalue weighted by atomic mass is 9.98. The van der Waals surface area contributed by atoms with Crippen LogP contribution in [0.4, 0.5) is 16.2 Å². The number of ketones is 1. The van der Waals surface area contributed by atoms with Gasteiger partial charge in [0.15, 0.2) is 5.78 Å². The first-order valence-electron chi connectivity index (χ1n) is 12.3.